The summed E-state index contributed by atoms with van der Waals surface area (Å²) in [7, 11) is 0. The topological polar surface area (TPSA) is 77.1 Å². The van der Waals surface area contributed by atoms with Gasteiger partial charge in [-0.1, -0.05) is 0 Å². The summed E-state index contributed by atoms with van der Waals surface area (Å²) in [5.74, 6) is 1.57. The third kappa shape index (κ3) is 5.10. The zero-order valence-corrected chi connectivity index (χ0v) is 17.8. The van der Waals surface area contributed by atoms with Crippen LogP contribution in [0.3, 0.4) is 0 Å². The molecule has 2 aromatic carbocycles. The molecular formula is C24H28N2O5. The molecule has 2 aliphatic heterocycles. The van der Waals surface area contributed by atoms with Crippen molar-refractivity contribution in [1.82, 2.24) is 4.90 Å². The standard InChI is InChI=1S/C24H28N2O5/c1-2-29-19-7-9-20(10-8-19)31-16-23(27)25-17-6-11-22-21(15-17)24(28)26-13-4-3-5-18(26)12-14-30-22/h6-11,15,18H,2-5,12-14,16H2,1H3,(H,25,27). The molecule has 4 rings (SSSR count). The molecule has 1 atom stereocenters. The summed E-state index contributed by atoms with van der Waals surface area (Å²) >= 11 is 0. The molecule has 2 aliphatic rings. The Morgan fingerprint density at radius 3 is 2.65 bits per heavy atom. The molecule has 2 heterocycles. The smallest absolute Gasteiger partial charge is 0.262 e. The number of nitrogens with zero attached hydrogens (tertiary/aromatic N) is 1. The molecule has 0 radical (unpaired) electrons. The molecule has 1 fully saturated rings. The number of hydrogen-bond donors (Lipinski definition) is 1. The Hall–Kier alpha value is -3.22. The van der Waals surface area contributed by atoms with E-state index in [1.165, 1.54) is 0 Å². The number of amides is 2. The van der Waals surface area contributed by atoms with Crippen molar-refractivity contribution in [2.45, 2.75) is 38.6 Å². The highest BCUT2D eigenvalue weighted by Crippen LogP contribution is 2.31. The van der Waals surface area contributed by atoms with E-state index >= 15 is 0 Å². The molecule has 0 aromatic heterocycles. The van der Waals surface area contributed by atoms with Gasteiger partial charge in [-0.25, -0.2) is 0 Å². The van der Waals surface area contributed by atoms with Crippen LogP contribution < -0.4 is 19.5 Å². The van der Waals surface area contributed by atoms with Gasteiger partial charge in [-0.15, -0.1) is 0 Å². The zero-order valence-electron chi connectivity index (χ0n) is 17.8. The molecule has 0 saturated carbocycles. The van der Waals surface area contributed by atoms with Crippen molar-refractivity contribution in [1.29, 1.82) is 0 Å². The highest BCUT2D eigenvalue weighted by Gasteiger charge is 2.31. The predicted octanol–water partition coefficient (Wildman–Crippen LogP) is 3.88. The van der Waals surface area contributed by atoms with Gasteiger partial charge >= 0.3 is 0 Å². The van der Waals surface area contributed by atoms with Crippen molar-refractivity contribution >= 4 is 17.5 Å². The van der Waals surface area contributed by atoms with E-state index in [1.807, 2.05) is 11.8 Å². The van der Waals surface area contributed by atoms with E-state index in [0.29, 0.717) is 36.0 Å². The quantitative estimate of drug-likeness (QED) is 0.762. The number of ether oxygens (including phenoxy) is 3. The Bertz CT molecular complexity index is 928. The van der Waals surface area contributed by atoms with Crippen molar-refractivity contribution in [2.75, 3.05) is 31.7 Å². The van der Waals surface area contributed by atoms with Crippen LogP contribution in [0.4, 0.5) is 5.69 Å². The lowest BCUT2D eigenvalue weighted by Crippen LogP contribution is -2.45. The molecule has 0 aliphatic carbocycles. The fourth-order valence-electron chi connectivity index (χ4n) is 4.07. The van der Waals surface area contributed by atoms with Gasteiger partial charge in [-0.05, 0) is 68.7 Å². The number of carbonyl (C=O) groups excluding carboxylic acids is 2. The van der Waals surface area contributed by atoms with Gasteiger partial charge in [0.2, 0.25) is 0 Å². The minimum absolute atomic E-state index is 0.0267. The fraction of sp³-hybridized carbons (Fsp3) is 0.417. The van der Waals surface area contributed by atoms with Gasteiger partial charge in [0.1, 0.15) is 17.2 Å². The lowest BCUT2D eigenvalue weighted by molar-refractivity contribution is -0.118. The van der Waals surface area contributed by atoms with E-state index in [4.69, 9.17) is 14.2 Å². The van der Waals surface area contributed by atoms with Crippen LogP contribution in [0.25, 0.3) is 0 Å². The summed E-state index contributed by atoms with van der Waals surface area (Å²) < 4.78 is 16.8. The zero-order chi connectivity index (χ0) is 21.6. The van der Waals surface area contributed by atoms with E-state index in [1.54, 1.807) is 42.5 Å². The number of rotatable bonds is 6. The molecule has 1 unspecified atom stereocenters. The summed E-state index contributed by atoms with van der Waals surface area (Å²) in [4.78, 5) is 27.5. The van der Waals surface area contributed by atoms with Crippen LogP contribution in [0.5, 0.6) is 17.2 Å². The second-order valence-electron chi connectivity index (χ2n) is 7.74. The van der Waals surface area contributed by atoms with Gasteiger partial charge in [0.15, 0.2) is 6.61 Å². The first-order chi connectivity index (χ1) is 15.1. The fourth-order valence-corrected chi connectivity index (χ4v) is 4.07. The minimum Gasteiger partial charge on any atom is -0.494 e. The predicted molar refractivity (Wildman–Crippen MR) is 117 cm³/mol. The number of fused-ring (bicyclic) bond motifs is 2. The van der Waals surface area contributed by atoms with Crippen LogP contribution in [-0.4, -0.2) is 49.1 Å². The first-order valence-electron chi connectivity index (χ1n) is 10.9. The summed E-state index contributed by atoms with van der Waals surface area (Å²) in [5.41, 5.74) is 1.04. The van der Waals surface area contributed by atoms with Crippen molar-refractivity contribution in [3.05, 3.63) is 48.0 Å². The van der Waals surface area contributed by atoms with E-state index in [9.17, 15) is 9.59 Å². The Balaban J connectivity index is 1.40. The van der Waals surface area contributed by atoms with Crippen LogP contribution in [0.15, 0.2) is 42.5 Å². The van der Waals surface area contributed by atoms with E-state index in [2.05, 4.69) is 5.32 Å². The average Bonchev–Trinajstić information content (AvgIpc) is 2.78. The molecule has 7 heteroatoms. The van der Waals surface area contributed by atoms with Crippen LogP contribution in [0.1, 0.15) is 43.0 Å². The summed E-state index contributed by atoms with van der Waals surface area (Å²) in [6.07, 6.45) is 4.04. The van der Waals surface area contributed by atoms with Gasteiger partial charge in [-0.2, -0.15) is 0 Å². The van der Waals surface area contributed by atoms with E-state index in [-0.39, 0.29) is 24.5 Å². The SMILES string of the molecule is CCOc1ccc(OCC(=O)Nc2ccc3c(c2)C(=O)N2CCCCC2CCO3)cc1. The van der Waals surface area contributed by atoms with Crippen molar-refractivity contribution in [3.8, 4) is 17.2 Å². The number of nitrogens with one attached hydrogen (secondary N) is 1. The maximum atomic E-state index is 13.1. The van der Waals surface area contributed by atoms with Gasteiger partial charge in [0.05, 0.1) is 18.8 Å². The molecule has 7 nitrogen and oxygen atoms in total. The van der Waals surface area contributed by atoms with Gasteiger partial charge < -0.3 is 24.4 Å². The maximum absolute atomic E-state index is 13.1. The number of hydrogen-bond acceptors (Lipinski definition) is 5. The van der Waals surface area contributed by atoms with Crippen LogP contribution in [0.2, 0.25) is 0 Å². The average molecular weight is 424 g/mol. The van der Waals surface area contributed by atoms with Crippen LogP contribution in [0, 0.1) is 0 Å². The molecule has 1 saturated heterocycles. The van der Waals surface area contributed by atoms with Gasteiger partial charge in [-0.3, -0.25) is 9.59 Å². The largest absolute Gasteiger partial charge is 0.494 e. The first-order valence-corrected chi connectivity index (χ1v) is 10.9. The maximum Gasteiger partial charge on any atom is 0.262 e. The third-order valence-corrected chi connectivity index (χ3v) is 5.60. The van der Waals surface area contributed by atoms with Gasteiger partial charge in [0.25, 0.3) is 11.8 Å². The monoisotopic (exact) mass is 424 g/mol. The molecule has 2 aromatic rings. The Morgan fingerprint density at radius 2 is 1.87 bits per heavy atom. The lowest BCUT2D eigenvalue weighted by atomic mass is 9.97. The number of anilines is 1. The Kier molecular flexibility index (Phi) is 6.60. The Morgan fingerprint density at radius 1 is 1.10 bits per heavy atom. The molecule has 1 N–H and O–H groups in total. The normalized spacial score (nSPS) is 18.0. The number of carbonyl (C=O) groups is 2. The van der Waals surface area contributed by atoms with E-state index in [0.717, 1.165) is 38.0 Å². The number of piperidine rings is 1. The highest BCUT2D eigenvalue weighted by molar-refractivity contribution is 6.00. The summed E-state index contributed by atoms with van der Waals surface area (Å²) in [6.45, 7) is 3.74. The summed E-state index contributed by atoms with van der Waals surface area (Å²) in [6, 6.07) is 12.5. The molecule has 2 amide bonds. The lowest BCUT2D eigenvalue weighted by Gasteiger charge is -2.37. The van der Waals surface area contributed by atoms with E-state index < -0.39 is 0 Å². The van der Waals surface area contributed by atoms with Crippen LogP contribution >= 0.6 is 0 Å². The molecule has 31 heavy (non-hydrogen) atoms. The number of benzene rings is 2. The minimum atomic E-state index is -0.302. The van der Waals surface area contributed by atoms with Gasteiger partial charge in [0, 0.05) is 24.7 Å². The Labute approximate surface area is 182 Å². The molecular weight excluding hydrogens is 396 g/mol. The summed E-state index contributed by atoms with van der Waals surface area (Å²) in [5, 5.41) is 2.81. The van der Waals surface area contributed by atoms with Crippen molar-refractivity contribution in [2.24, 2.45) is 0 Å². The first kappa shape index (κ1) is 21.0. The highest BCUT2D eigenvalue weighted by atomic mass is 16.5. The second kappa shape index (κ2) is 9.73. The molecule has 0 spiro atoms. The van der Waals surface area contributed by atoms with Crippen molar-refractivity contribution < 1.29 is 23.8 Å². The third-order valence-electron chi connectivity index (χ3n) is 5.60. The molecule has 0 bridgehead atoms. The van der Waals surface area contributed by atoms with Crippen molar-refractivity contribution in [3.63, 3.8) is 0 Å². The molecule has 164 valence electrons. The second-order valence-corrected chi connectivity index (χ2v) is 7.74. The van der Waals surface area contributed by atoms with Crippen LogP contribution in [-0.2, 0) is 4.79 Å².